The predicted molar refractivity (Wildman–Crippen MR) is 74.5 cm³/mol. The summed E-state index contributed by atoms with van der Waals surface area (Å²) in [5, 5.41) is 2.85. The van der Waals surface area contributed by atoms with Crippen molar-refractivity contribution in [1.82, 2.24) is 0 Å². The summed E-state index contributed by atoms with van der Waals surface area (Å²) in [4.78, 5) is 0. The van der Waals surface area contributed by atoms with Crippen LogP contribution in [0, 0.1) is 0 Å². The monoisotopic (exact) mass is 228 g/mol. The molecule has 2 aromatic rings. The standard InChI is InChI=1S/C15H17P/c1-2-7-13-8-6-11-15(12-13)16-14-9-4-3-5-10-14/h3-6,8-12,16H,2,7H2,1H3. The summed E-state index contributed by atoms with van der Waals surface area (Å²) in [6.45, 7) is 2.23. The first kappa shape index (κ1) is 11.4. The Bertz CT molecular complexity index is 434. The van der Waals surface area contributed by atoms with Crippen molar-refractivity contribution in [1.29, 1.82) is 0 Å². The van der Waals surface area contributed by atoms with Gasteiger partial charge >= 0.3 is 0 Å². The molecule has 1 atom stereocenters. The Morgan fingerprint density at radius 3 is 2.38 bits per heavy atom. The first-order chi connectivity index (χ1) is 7.88. The van der Waals surface area contributed by atoms with E-state index in [4.69, 9.17) is 0 Å². The molecule has 1 unspecified atom stereocenters. The van der Waals surface area contributed by atoms with Crippen molar-refractivity contribution in [3.8, 4) is 0 Å². The second-order valence-electron chi connectivity index (χ2n) is 3.94. The van der Waals surface area contributed by atoms with Crippen LogP contribution in [0.25, 0.3) is 0 Å². The van der Waals surface area contributed by atoms with Gasteiger partial charge in [0.05, 0.1) is 0 Å². The van der Waals surface area contributed by atoms with Crippen LogP contribution < -0.4 is 10.6 Å². The van der Waals surface area contributed by atoms with Crippen molar-refractivity contribution < 1.29 is 0 Å². The first-order valence-electron chi connectivity index (χ1n) is 5.79. The Morgan fingerprint density at radius 2 is 1.62 bits per heavy atom. The molecule has 0 radical (unpaired) electrons. The molecule has 1 heteroatoms. The van der Waals surface area contributed by atoms with E-state index in [1.54, 1.807) is 0 Å². The van der Waals surface area contributed by atoms with Crippen LogP contribution in [0.4, 0.5) is 0 Å². The van der Waals surface area contributed by atoms with Gasteiger partial charge in [-0.2, -0.15) is 0 Å². The molecule has 0 aliphatic rings. The first-order valence-corrected chi connectivity index (χ1v) is 6.79. The van der Waals surface area contributed by atoms with E-state index in [0.717, 1.165) is 8.58 Å². The summed E-state index contributed by atoms with van der Waals surface area (Å²) >= 11 is 0. The molecule has 0 aliphatic carbocycles. The molecule has 0 bridgehead atoms. The lowest BCUT2D eigenvalue weighted by Crippen LogP contribution is -2.03. The van der Waals surface area contributed by atoms with E-state index in [2.05, 4.69) is 61.5 Å². The van der Waals surface area contributed by atoms with E-state index in [-0.39, 0.29) is 0 Å². The second kappa shape index (κ2) is 5.82. The minimum absolute atomic E-state index is 0.778. The molecule has 0 N–H and O–H groups in total. The molecule has 2 rings (SSSR count). The zero-order valence-corrected chi connectivity index (χ0v) is 10.6. The number of aryl methyl sites for hydroxylation is 1. The fourth-order valence-corrected chi connectivity index (χ4v) is 2.91. The Kier molecular flexibility index (Phi) is 4.13. The molecule has 82 valence electrons. The van der Waals surface area contributed by atoms with Crippen LogP contribution in [-0.4, -0.2) is 0 Å². The third-order valence-corrected chi connectivity index (χ3v) is 3.75. The highest BCUT2D eigenvalue weighted by Crippen LogP contribution is 2.12. The lowest BCUT2D eigenvalue weighted by molar-refractivity contribution is 0.923. The van der Waals surface area contributed by atoms with Crippen molar-refractivity contribution in [2.45, 2.75) is 19.8 Å². The minimum atomic E-state index is 0.778. The van der Waals surface area contributed by atoms with Crippen molar-refractivity contribution in [2.75, 3.05) is 0 Å². The fraction of sp³-hybridized carbons (Fsp3) is 0.200. The molecule has 0 heterocycles. The highest BCUT2D eigenvalue weighted by atomic mass is 31.1. The van der Waals surface area contributed by atoms with Gasteiger partial charge in [0, 0.05) is 0 Å². The highest BCUT2D eigenvalue weighted by molar-refractivity contribution is 7.55. The van der Waals surface area contributed by atoms with E-state index in [9.17, 15) is 0 Å². The van der Waals surface area contributed by atoms with Gasteiger partial charge in [-0.25, -0.2) is 0 Å². The summed E-state index contributed by atoms with van der Waals surface area (Å²) in [7, 11) is 0.778. The normalized spacial score (nSPS) is 11.1. The smallest absolute Gasteiger partial charge is 0.0223 e. The molecular formula is C15H17P. The molecule has 0 amide bonds. The van der Waals surface area contributed by atoms with Crippen molar-refractivity contribution >= 4 is 19.2 Å². The van der Waals surface area contributed by atoms with E-state index >= 15 is 0 Å². The topological polar surface area (TPSA) is 0 Å². The van der Waals surface area contributed by atoms with Gasteiger partial charge in [0.1, 0.15) is 0 Å². The van der Waals surface area contributed by atoms with Gasteiger partial charge in [0.25, 0.3) is 0 Å². The van der Waals surface area contributed by atoms with Gasteiger partial charge in [0.15, 0.2) is 0 Å². The maximum atomic E-state index is 2.34. The summed E-state index contributed by atoms with van der Waals surface area (Å²) in [5.74, 6) is 0. The Morgan fingerprint density at radius 1 is 0.875 bits per heavy atom. The van der Waals surface area contributed by atoms with Crippen molar-refractivity contribution in [3.63, 3.8) is 0 Å². The van der Waals surface area contributed by atoms with Crippen LogP contribution in [-0.2, 0) is 6.42 Å². The SMILES string of the molecule is CCCc1cccc(Pc2ccccc2)c1. The van der Waals surface area contributed by atoms with E-state index in [1.807, 2.05) is 0 Å². The minimum Gasteiger partial charge on any atom is -0.0651 e. The van der Waals surface area contributed by atoms with Crippen LogP contribution >= 0.6 is 8.58 Å². The molecule has 0 saturated carbocycles. The molecule has 0 aromatic heterocycles. The lowest BCUT2D eigenvalue weighted by atomic mass is 10.1. The molecular weight excluding hydrogens is 211 g/mol. The number of hydrogen-bond acceptors (Lipinski definition) is 0. The Hall–Kier alpha value is -1.13. The number of rotatable bonds is 4. The summed E-state index contributed by atoms with van der Waals surface area (Å²) < 4.78 is 0. The third kappa shape index (κ3) is 3.18. The average molecular weight is 228 g/mol. The zero-order valence-electron chi connectivity index (χ0n) is 9.61. The fourth-order valence-electron chi connectivity index (χ4n) is 1.78. The van der Waals surface area contributed by atoms with Crippen LogP contribution in [0.2, 0.25) is 0 Å². The summed E-state index contributed by atoms with van der Waals surface area (Å²) in [6, 6.07) is 19.7. The molecule has 0 aliphatic heterocycles. The van der Waals surface area contributed by atoms with Crippen LogP contribution in [0.1, 0.15) is 18.9 Å². The van der Waals surface area contributed by atoms with Crippen LogP contribution in [0.3, 0.4) is 0 Å². The van der Waals surface area contributed by atoms with Gasteiger partial charge in [0.2, 0.25) is 0 Å². The van der Waals surface area contributed by atoms with Gasteiger partial charge in [-0.15, -0.1) is 0 Å². The number of benzene rings is 2. The summed E-state index contributed by atoms with van der Waals surface area (Å²) in [6.07, 6.45) is 2.41. The molecule has 16 heavy (non-hydrogen) atoms. The van der Waals surface area contributed by atoms with E-state index in [1.165, 1.54) is 29.0 Å². The van der Waals surface area contributed by atoms with E-state index in [0.29, 0.717) is 0 Å². The average Bonchev–Trinajstić information content (AvgIpc) is 2.31. The third-order valence-electron chi connectivity index (χ3n) is 2.53. The second-order valence-corrected chi connectivity index (χ2v) is 5.35. The maximum absolute atomic E-state index is 2.34. The largest absolute Gasteiger partial charge is 0.0651 e. The zero-order chi connectivity index (χ0) is 11.2. The summed E-state index contributed by atoms with van der Waals surface area (Å²) in [5.41, 5.74) is 1.46. The number of hydrogen-bond donors (Lipinski definition) is 0. The van der Waals surface area contributed by atoms with Gasteiger partial charge in [-0.1, -0.05) is 76.5 Å². The lowest BCUT2D eigenvalue weighted by Gasteiger charge is -2.04. The Labute approximate surface area is 99.5 Å². The van der Waals surface area contributed by atoms with Crippen LogP contribution in [0.15, 0.2) is 54.6 Å². The molecule has 0 spiro atoms. The van der Waals surface area contributed by atoms with Gasteiger partial charge in [-0.05, 0) is 22.6 Å². The molecule has 0 fully saturated rings. The Balaban J connectivity index is 2.12. The van der Waals surface area contributed by atoms with Crippen LogP contribution in [0.5, 0.6) is 0 Å². The predicted octanol–water partition coefficient (Wildman–Crippen LogP) is 3.27. The van der Waals surface area contributed by atoms with E-state index < -0.39 is 0 Å². The molecule has 2 aromatic carbocycles. The van der Waals surface area contributed by atoms with Gasteiger partial charge in [-0.3, -0.25) is 0 Å². The highest BCUT2D eigenvalue weighted by Gasteiger charge is 1.97. The van der Waals surface area contributed by atoms with Crippen molar-refractivity contribution in [3.05, 3.63) is 60.2 Å². The maximum Gasteiger partial charge on any atom is -0.0223 e. The molecule has 0 saturated heterocycles. The molecule has 0 nitrogen and oxygen atoms in total. The van der Waals surface area contributed by atoms with Gasteiger partial charge < -0.3 is 0 Å². The quantitative estimate of drug-likeness (QED) is 0.704. The van der Waals surface area contributed by atoms with Crippen molar-refractivity contribution in [2.24, 2.45) is 0 Å².